The molecule has 0 spiro atoms. The SMILES string of the molecule is C=CCOCC=C.N#C[S-].[K+]. The third kappa shape index (κ3) is 36.3. The fraction of sp³-hybridized carbons (Fsp3) is 0.286. The van der Waals surface area contributed by atoms with Gasteiger partial charge in [-0.1, -0.05) is 17.6 Å². The molecule has 0 radical (unpaired) electrons. The molecule has 0 aliphatic heterocycles. The normalized spacial score (nSPS) is 5.73. The van der Waals surface area contributed by atoms with E-state index in [0.717, 1.165) is 0 Å². The van der Waals surface area contributed by atoms with Crippen molar-refractivity contribution in [3.63, 3.8) is 0 Å². The molecule has 0 fully saturated rings. The minimum Gasteiger partial charge on any atom is -0.696 e. The summed E-state index contributed by atoms with van der Waals surface area (Å²) in [5.74, 6) is 0. The van der Waals surface area contributed by atoms with Gasteiger partial charge < -0.3 is 17.4 Å². The van der Waals surface area contributed by atoms with Crippen molar-refractivity contribution in [1.82, 2.24) is 0 Å². The van der Waals surface area contributed by atoms with Crippen molar-refractivity contribution in [2.45, 2.75) is 0 Å². The minimum absolute atomic E-state index is 0. The average molecular weight is 195 g/mol. The zero-order valence-electron chi connectivity index (χ0n) is 6.75. The maximum Gasteiger partial charge on any atom is 1.00 e. The Morgan fingerprint density at radius 2 is 1.64 bits per heavy atom. The first kappa shape index (κ1) is 17.8. The molecule has 0 rings (SSSR count). The summed E-state index contributed by atoms with van der Waals surface area (Å²) in [5, 5.41) is 8.47. The van der Waals surface area contributed by atoms with Gasteiger partial charge >= 0.3 is 51.4 Å². The van der Waals surface area contributed by atoms with Crippen molar-refractivity contribution >= 4 is 12.6 Å². The van der Waals surface area contributed by atoms with Crippen molar-refractivity contribution in [3.8, 4) is 5.40 Å². The minimum atomic E-state index is 0. The standard InChI is InChI=1S/C6H10O.CHNS.K/c1-3-5-7-6-4-2;2-1-3;/h3-4H,1-2,5-6H2;3H;/q;;+1/p-1. The maximum absolute atomic E-state index is 7.13. The van der Waals surface area contributed by atoms with E-state index >= 15 is 0 Å². The number of rotatable bonds is 4. The van der Waals surface area contributed by atoms with Crippen LogP contribution in [0, 0.1) is 10.7 Å². The third-order valence-corrected chi connectivity index (χ3v) is 0.471. The van der Waals surface area contributed by atoms with E-state index in [1.807, 2.05) is 0 Å². The summed E-state index contributed by atoms with van der Waals surface area (Å²) in [4.78, 5) is 0. The maximum atomic E-state index is 7.13. The van der Waals surface area contributed by atoms with Crippen LogP contribution in [0.3, 0.4) is 0 Å². The van der Waals surface area contributed by atoms with E-state index in [-0.39, 0.29) is 51.4 Å². The molecule has 0 bridgehead atoms. The van der Waals surface area contributed by atoms with Crippen LogP contribution < -0.4 is 51.4 Å². The van der Waals surface area contributed by atoms with Crippen LogP contribution in [0.2, 0.25) is 0 Å². The first-order valence-electron chi connectivity index (χ1n) is 2.64. The molecular weight excluding hydrogens is 185 g/mol. The molecule has 0 aromatic heterocycles. The van der Waals surface area contributed by atoms with Gasteiger partial charge in [-0.3, -0.25) is 0 Å². The molecule has 0 saturated heterocycles. The molecule has 0 heterocycles. The van der Waals surface area contributed by atoms with Gasteiger partial charge in [-0.05, 0) is 0 Å². The first-order valence-corrected chi connectivity index (χ1v) is 3.05. The zero-order valence-corrected chi connectivity index (χ0v) is 10.7. The van der Waals surface area contributed by atoms with E-state index in [9.17, 15) is 0 Å². The Balaban J connectivity index is -0.000000140. The van der Waals surface area contributed by atoms with E-state index in [0.29, 0.717) is 13.2 Å². The molecule has 2 nitrogen and oxygen atoms in total. The molecule has 0 aliphatic rings. The van der Waals surface area contributed by atoms with Crippen LogP contribution in [0.15, 0.2) is 25.3 Å². The molecule has 0 amide bonds. The molecule has 0 atom stereocenters. The largest absolute Gasteiger partial charge is 1.00 e. The van der Waals surface area contributed by atoms with Crippen molar-refractivity contribution < 1.29 is 56.1 Å². The van der Waals surface area contributed by atoms with Crippen LogP contribution in [-0.2, 0) is 17.4 Å². The van der Waals surface area contributed by atoms with Crippen LogP contribution in [0.25, 0.3) is 0 Å². The van der Waals surface area contributed by atoms with E-state index in [1.165, 1.54) is 5.40 Å². The predicted octanol–water partition coefficient (Wildman–Crippen LogP) is -1.61. The Hall–Kier alpha value is 0.786. The van der Waals surface area contributed by atoms with Gasteiger partial charge in [-0.25, -0.2) is 5.26 Å². The molecule has 56 valence electrons. The summed E-state index contributed by atoms with van der Waals surface area (Å²) >= 11 is 3.70. The molecule has 0 N–H and O–H groups in total. The van der Waals surface area contributed by atoms with Crippen molar-refractivity contribution in [3.05, 3.63) is 25.3 Å². The van der Waals surface area contributed by atoms with Gasteiger partial charge in [0.2, 0.25) is 0 Å². The number of nitrogens with zero attached hydrogens (tertiary/aromatic N) is 1. The number of nitriles is 1. The van der Waals surface area contributed by atoms with Crippen LogP contribution >= 0.6 is 0 Å². The van der Waals surface area contributed by atoms with Crippen LogP contribution in [0.1, 0.15) is 0 Å². The Morgan fingerprint density at radius 1 is 1.36 bits per heavy atom. The van der Waals surface area contributed by atoms with Gasteiger partial charge in [0.25, 0.3) is 0 Å². The van der Waals surface area contributed by atoms with E-state index in [4.69, 9.17) is 10.00 Å². The Kier molecular flexibility index (Phi) is 36.2. The van der Waals surface area contributed by atoms with Crippen molar-refractivity contribution in [1.29, 1.82) is 5.26 Å². The second-order valence-electron chi connectivity index (χ2n) is 1.21. The molecule has 0 saturated carbocycles. The van der Waals surface area contributed by atoms with Gasteiger partial charge in [0.15, 0.2) is 0 Å². The van der Waals surface area contributed by atoms with Crippen LogP contribution in [0.5, 0.6) is 0 Å². The Morgan fingerprint density at radius 3 is 1.82 bits per heavy atom. The summed E-state index contributed by atoms with van der Waals surface area (Å²) in [6, 6.07) is 0. The number of ether oxygens (including phenoxy) is 1. The molecule has 0 aromatic rings. The van der Waals surface area contributed by atoms with Gasteiger partial charge in [0.1, 0.15) is 0 Å². The second-order valence-corrected chi connectivity index (χ2v) is 1.39. The number of hydrogen-bond acceptors (Lipinski definition) is 3. The van der Waals surface area contributed by atoms with E-state index < -0.39 is 0 Å². The van der Waals surface area contributed by atoms with E-state index in [1.54, 1.807) is 12.2 Å². The summed E-state index contributed by atoms with van der Waals surface area (Å²) in [7, 11) is 0. The van der Waals surface area contributed by atoms with Gasteiger partial charge in [0, 0.05) is 0 Å². The van der Waals surface area contributed by atoms with Gasteiger partial charge in [0.05, 0.1) is 13.2 Å². The van der Waals surface area contributed by atoms with Crippen LogP contribution in [0.4, 0.5) is 0 Å². The predicted molar refractivity (Wildman–Crippen MR) is 44.2 cm³/mol. The Labute approximate surface area is 116 Å². The van der Waals surface area contributed by atoms with Gasteiger partial charge in [-0.2, -0.15) is 0 Å². The fourth-order valence-corrected chi connectivity index (χ4v) is 0.235. The smallest absolute Gasteiger partial charge is 0.696 e. The number of hydrogen-bond donors (Lipinski definition) is 0. The van der Waals surface area contributed by atoms with Crippen LogP contribution in [-0.4, -0.2) is 13.2 Å². The molecule has 4 heteroatoms. The topological polar surface area (TPSA) is 33.0 Å². The first-order chi connectivity index (χ1) is 4.83. The molecule has 0 aromatic carbocycles. The molecule has 11 heavy (non-hydrogen) atoms. The quantitative estimate of drug-likeness (QED) is 0.178. The monoisotopic (exact) mass is 195 g/mol. The number of thiocyanates is 1. The van der Waals surface area contributed by atoms with Gasteiger partial charge in [-0.15, -0.1) is 13.2 Å². The summed E-state index contributed by atoms with van der Waals surface area (Å²) in [6.45, 7) is 8.18. The fourth-order valence-electron chi connectivity index (χ4n) is 0.235. The molecule has 0 aliphatic carbocycles. The molecular formula is C7H10KNOS. The average Bonchev–Trinajstić information content (AvgIpc) is 1.91. The van der Waals surface area contributed by atoms with E-state index in [2.05, 4.69) is 25.8 Å². The zero-order chi connectivity index (χ0) is 8.24. The summed E-state index contributed by atoms with van der Waals surface area (Å²) < 4.78 is 4.90. The summed E-state index contributed by atoms with van der Waals surface area (Å²) in [6.07, 6.45) is 3.42. The summed E-state index contributed by atoms with van der Waals surface area (Å²) in [5.41, 5.74) is 0. The molecule has 0 unspecified atom stereocenters. The Bertz CT molecular complexity index is 114. The van der Waals surface area contributed by atoms with Crippen molar-refractivity contribution in [2.75, 3.05) is 13.2 Å². The van der Waals surface area contributed by atoms with Crippen molar-refractivity contribution in [2.24, 2.45) is 0 Å². The second kappa shape index (κ2) is 22.4. The third-order valence-electron chi connectivity index (χ3n) is 0.471.